The minimum absolute atomic E-state index is 0.176. The maximum Gasteiger partial charge on any atom is 0.453 e. The number of aliphatic imine (C=N–C) groups is 1. The fourth-order valence-electron chi connectivity index (χ4n) is 5.73. The summed E-state index contributed by atoms with van der Waals surface area (Å²) < 4.78 is 83.4. The van der Waals surface area contributed by atoms with Gasteiger partial charge in [-0.05, 0) is 89.1 Å². The first kappa shape index (κ1) is 38.0. The van der Waals surface area contributed by atoms with Crippen molar-refractivity contribution >= 4 is 34.9 Å². The van der Waals surface area contributed by atoms with Gasteiger partial charge in [-0.3, -0.25) is 14.7 Å². The van der Waals surface area contributed by atoms with Gasteiger partial charge < -0.3 is 14.6 Å². The van der Waals surface area contributed by atoms with Crippen LogP contribution in [0.5, 0.6) is 0 Å². The molecule has 1 aromatic rings. The normalized spacial score (nSPS) is 18.0. The summed E-state index contributed by atoms with van der Waals surface area (Å²) in [5.74, 6) is -3.84. The summed E-state index contributed by atoms with van der Waals surface area (Å²) in [6.45, 7) is 10.3. The van der Waals surface area contributed by atoms with Crippen molar-refractivity contribution in [3.8, 4) is 0 Å². The molecule has 0 aliphatic carbocycles. The quantitative estimate of drug-likeness (QED) is 0.136. The predicted octanol–water partition coefficient (Wildman–Crippen LogP) is 7.17. The second-order valence-electron chi connectivity index (χ2n) is 13.3. The average molecular weight is 679 g/mol. The number of benzene rings is 1. The Hall–Kier alpha value is -2.45. The van der Waals surface area contributed by atoms with Crippen LogP contribution < -0.4 is 10.2 Å². The highest BCUT2D eigenvalue weighted by Crippen LogP contribution is 2.39. The molecule has 0 radical (unpaired) electrons. The van der Waals surface area contributed by atoms with Crippen LogP contribution >= 0.6 is 0 Å². The SMILES string of the molecule is Cc1cc(N(C)C(=O)OC(C)(C)C)cc(C)c1CC[S+]([O-])N1CCC2(CC1)N=C(CCCCCCCC(F)(F)C(F)(F)F)NC2=O. The van der Waals surface area contributed by atoms with Crippen LogP contribution in [0.1, 0.15) is 95.2 Å². The summed E-state index contributed by atoms with van der Waals surface area (Å²) in [5.41, 5.74) is 2.29. The Morgan fingerprint density at radius 2 is 1.59 bits per heavy atom. The Labute approximate surface area is 271 Å². The minimum atomic E-state index is -5.51. The van der Waals surface area contributed by atoms with E-state index in [1.165, 1.54) is 4.90 Å². The van der Waals surface area contributed by atoms with Crippen LogP contribution in [0.4, 0.5) is 32.4 Å². The second-order valence-corrected chi connectivity index (χ2v) is 14.9. The van der Waals surface area contributed by atoms with Crippen molar-refractivity contribution in [3.63, 3.8) is 0 Å². The van der Waals surface area contributed by atoms with Crippen LogP contribution in [0.3, 0.4) is 0 Å². The number of ether oxygens (including phenoxy) is 1. The maximum absolute atomic E-state index is 13.2. The second kappa shape index (κ2) is 15.2. The van der Waals surface area contributed by atoms with Crippen LogP contribution in [0, 0.1) is 13.8 Å². The molecule has 260 valence electrons. The van der Waals surface area contributed by atoms with Crippen LogP contribution in [0.2, 0.25) is 0 Å². The molecule has 0 saturated carbocycles. The molecule has 3 rings (SSSR count). The largest absolute Gasteiger partial charge is 0.598 e. The zero-order valence-electron chi connectivity index (χ0n) is 27.6. The molecule has 1 spiro atoms. The number of hydrogen-bond acceptors (Lipinski definition) is 6. The molecule has 2 amide bonds. The topological polar surface area (TPSA) is 97.3 Å². The number of anilines is 1. The third-order valence-corrected chi connectivity index (χ3v) is 9.94. The van der Waals surface area contributed by atoms with Crippen LogP contribution in [0.25, 0.3) is 0 Å². The Kier molecular flexibility index (Phi) is 12.5. The number of carbonyl (C=O) groups excluding carboxylic acids is 2. The molecule has 46 heavy (non-hydrogen) atoms. The molecule has 1 atom stereocenters. The number of alkyl halides is 5. The Morgan fingerprint density at radius 1 is 1.02 bits per heavy atom. The third-order valence-electron chi connectivity index (χ3n) is 8.45. The molecule has 0 bridgehead atoms. The van der Waals surface area contributed by atoms with Gasteiger partial charge in [-0.25, -0.2) is 4.79 Å². The summed E-state index contributed by atoms with van der Waals surface area (Å²) >= 11 is -1.25. The van der Waals surface area contributed by atoms with Crippen molar-refractivity contribution in [2.75, 3.05) is 30.8 Å². The summed E-state index contributed by atoms with van der Waals surface area (Å²) in [7, 11) is 1.67. The molecule has 14 heteroatoms. The van der Waals surface area contributed by atoms with E-state index in [9.17, 15) is 36.1 Å². The van der Waals surface area contributed by atoms with E-state index in [0.717, 1.165) is 22.4 Å². The number of unbranched alkanes of at least 4 members (excludes halogenated alkanes) is 4. The van der Waals surface area contributed by atoms with Gasteiger partial charge in [0.15, 0.2) is 0 Å². The van der Waals surface area contributed by atoms with E-state index in [0.29, 0.717) is 69.6 Å². The summed E-state index contributed by atoms with van der Waals surface area (Å²) in [4.78, 5) is 31.5. The number of amidine groups is 1. The smallest absolute Gasteiger partial charge is 0.453 e. The number of aryl methyl sites for hydroxylation is 2. The van der Waals surface area contributed by atoms with Gasteiger partial charge in [-0.2, -0.15) is 22.0 Å². The average Bonchev–Trinajstić information content (AvgIpc) is 3.23. The number of nitrogens with zero attached hydrogens (tertiary/aromatic N) is 3. The van der Waals surface area contributed by atoms with Gasteiger partial charge in [0.05, 0.1) is 0 Å². The Morgan fingerprint density at radius 3 is 2.15 bits per heavy atom. The van der Waals surface area contributed by atoms with Crippen molar-refractivity contribution in [2.45, 2.75) is 122 Å². The lowest BCUT2D eigenvalue weighted by Gasteiger charge is -2.35. The standard InChI is InChI=1S/C32H47F5N4O4S/c1-22-20-24(40(6)28(43)45-29(3,4)5)21-23(2)25(22)13-19-46(44)41-17-15-30(16-18-41)27(42)38-26(39-30)12-10-8-7-9-11-14-31(33,34)32(35,36)37/h20-21H,7-19H2,1-6H3,(H,38,39,42). The molecule has 1 unspecified atom stereocenters. The molecule has 8 nitrogen and oxygen atoms in total. The van der Waals surface area contributed by atoms with Gasteiger partial charge in [0.25, 0.3) is 5.91 Å². The fraction of sp³-hybridized carbons (Fsp3) is 0.719. The molecular weight excluding hydrogens is 631 g/mol. The van der Waals surface area contributed by atoms with E-state index in [1.807, 2.05) is 51.1 Å². The number of piperidine rings is 1. The summed E-state index contributed by atoms with van der Waals surface area (Å²) in [6.07, 6.45) is -3.34. The summed E-state index contributed by atoms with van der Waals surface area (Å²) in [5, 5.41) is 2.85. The van der Waals surface area contributed by atoms with Gasteiger partial charge in [-0.1, -0.05) is 19.3 Å². The highest BCUT2D eigenvalue weighted by molar-refractivity contribution is 7.89. The molecule has 1 aromatic carbocycles. The first-order valence-electron chi connectivity index (χ1n) is 15.8. The van der Waals surface area contributed by atoms with Crippen molar-refractivity contribution in [1.82, 2.24) is 9.62 Å². The highest BCUT2D eigenvalue weighted by Gasteiger charge is 2.56. The molecule has 0 aromatic heterocycles. The minimum Gasteiger partial charge on any atom is -0.598 e. The van der Waals surface area contributed by atoms with Crippen molar-refractivity contribution in [2.24, 2.45) is 4.99 Å². The van der Waals surface area contributed by atoms with E-state index in [4.69, 9.17) is 4.74 Å². The number of halogens is 5. The Balaban J connectivity index is 1.43. The first-order valence-corrected chi connectivity index (χ1v) is 17.1. The molecular formula is C32H47F5N4O4S. The van der Waals surface area contributed by atoms with Crippen LogP contribution in [0.15, 0.2) is 17.1 Å². The van der Waals surface area contributed by atoms with E-state index in [1.54, 1.807) is 7.05 Å². The first-order chi connectivity index (χ1) is 21.2. The fourth-order valence-corrected chi connectivity index (χ4v) is 6.95. The number of rotatable bonds is 13. The lowest BCUT2D eigenvalue weighted by Crippen LogP contribution is -2.50. The summed E-state index contributed by atoms with van der Waals surface area (Å²) in [6, 6.07) is 3.85. The van der Waals surface area contributed by atoms with Gasteiger partial charge in [0.2, 0.25) is 0 Å². The van der Waals surface area contributed by atoms with Gasteiger partial charge >= 0.3 is 18.2 Å². The molecule has 2 heterocycles. The van der Waals surface area contributed by atoms with Crippen molar-refractivity contribution in [1.29, 1.82) is 0 Å². The van der Waals surface area contributed by atoms with Gasteiger partial charge in [-0.15, -0.1) is 4.31 Å². The predicted molar refractivity (Wildman–Crippen MR) is 170 cm³/mol. The number of carbonyl (C=O) groups is 2. The third kappa shape index (κ3) is 10.0. The van der Waals surface area contributed by atoms with Crippen LogP contribution in [-0.2, 0) is 27.3 Å². The Bertz CT molecular complexity index is 1240. The molecule has 1 saturated heterocycles. The van der Waals surface area contributed by atoms with Crippen molar-refractivity contribution < 1.29 is 40.8 Å². The lowest BCUT2D eigenvalue weighted by atomic mass is 9.89. The molecule has 2 aliphatic heterocycles. The van der Waals surface area contributed by atoms with E-state index in [-0.39, 0.29) is 18.7 Å². The van der Waals surface area contributed by atoms with Crippen LogP contribution in [-0.4, -0.2) is 75.8 Å². The van der Waals surface area contributed by atoms with Gasteiger partial charge in [0, 0.05) is 56.4 Å². The maximum atomic E-state index is 13.2. The van der Waals surface area contributed by atoms with Gasteiger partial charge in [0.1, 0.15) is 22.7 Å². The van der Waals surface area contributed by atoms with Crippen molar-refractivity contribution in [3.05, 3.63) is 28.8 Å². The number of nitrogens with one attached hydrogen (secondary N) is 1. The highest BCUT2D eigenvalue weighted by atomic mass is 32.2. The molecule has 1 N–H and O–H groups in total. The van der Waals surface area contributed by atoms with E-state index in [2.05, 4.69) is 10.3 Å². The zero-order chi connectivity index (χ0) is 34.5. The molecule has 1 fully saturated rings. The molecule has 2 aliphatic rings. The monoisotopic (exact) mass is 678 g/mol. The van der Waals surface area contributed by atoms with E-state index >= 15 is 0 Å². The lowest BCUT2D eigenvalue weighted by molar-refractivity contribution is -0.284. The number of hydrogen-bond donors (Lipinski definition) is 1. The van der Waals surface area contributed by atoms with E-state index < -0.39 is 47.1 Å². The zero-order valence-corrected chi connectivity index (χ0v) is 28.4. The number of amides is 2.